The molecular formula is C13H19NO. The van der Waals surface area contributed by atoms with Gasteiger partial charge in [-0.05, 0) is 43.5 Å². The number of hydrogen-bond donors (Lipinski definition) is 1. The van der Waals surface area contributed by atoms with Crippen LogP contribution >= 0.6 is 0 Å². The van der Waals surface area contributed by atoms with E-state index in [0.717, 1.165) is 25.3 Å². The van der Waals surface area contributed by atoms with Gasteiger partial charge in [-0.3, -0.25) is 0 Å². The third kappa shape index (κ3) is 2.96. The van der Waals surface area contributed by atoms with E-state index in [1.54, 1.807) is 0 Å². The summed E-state index contributed by atoms with van der Waals surface area (Å²) < 4.78 is 5.77. The third-order valence-corrected chi connectivity index (χ3v) is 2.92. The Labute approximate surface area is 91.6 Å². The predicted octanol–water partition coefficient (Wildman–Crippen LogP) is 2.38. The van der Waals surface area contributed by atoms with Crippen molar-refractivity contribution in [3.63, 3.8) is 0 Å². The zero-order valence-electron chi connectivity index (χ0n) is 9.33. The van der Waals surface area contributed by atoms with Crippen molar-refractivity contribution >= 4 is 0 Å². The number of aryl methyl sites for hydroxylation is 1. The molecule has 0 radical (unpaired) electrons. The molecule has 2 rings (SSSR count). The average molecular weight is 205 g/mol. The van der Waals surface area contributed by atoms with Crippen LogP contribution in [0.25, 0.3) is 0 Å². The first kappa shape index (κ1) is 10.5. The van der Waals surface area contributed by atoms with Crippen LogP contribution in [0.4, 0.5) is 0 Å². The minimum atomic E-state index is 0.551. The van der Waals surface area contributed by atoms with E-state index in [0.29, 0.717) is 6.04 Å². The fourth-order valence-electron chi connectivity index (χ4n) is 1.95. The molecule has 1 aromatic rings. The maximum absolute atomic E-state index is 5.77. The van der Waals surface area contributed by atoms with Crippen LogP contribution in [0.15, 0.2) is 24.3 Å². The standard InChI is InChI=1S/C13H19NO/c1-2-11-5-3-7-13(9-11)15-10-12-6-4-8-14-12/h3,5,7,9,12,14H,2,4,6,8,10H2,1H3. The van der Waals surface area contributed by atoms with Crippen LogP contribution in [0.3, 0.4) is 0 Å². The second kappa shape index (κ2) is 5.17. The average Bonchev–Trinajstić information content (AvgIpc) is 2.79. The van der Waals surface area contributed by atoms with Gasteiger partial charge in [0.1, 0.15) is 12.4 Å². The Bertz CT molecular complexity index is 305. The fourth-order valence-corrected chi connectivity index (χ4v) is 1.95. The second-order valence-corrected chi connectivity index (χ2v) is 4.11. The van der Waals surface area contributed by atoms with Crippen LogP contribution in [0.2, 0.25) is 0 Å². The van der Waals surface area contributed by atoms with Gasteiger partial charge in [-0.15, -0.1) is 0 Å². The summed E-state index contributed by atoms with van der Waals surface area (Å²) in [7, 11) is 0. The summed E-state index contributed by atoms with van der Waals surface area (Å²) in [5, 5.41) is 3.43. The number of benzene rings is 1. The van der Waals surface area contributed by atoms with Crippen molar-refractivity contribution in [2.75, 3.05) is 13.2 Å². The number of ether oxygens (including phenoxy) is 1. The summed E-state index contributed by atoms with van der Waals surface area (Å²) in [5.74, 6) is 1.00. The highest BCUT2D eigenvalue weighted by molar-refractivity contribution is 5.28. The van der Waals surface area contributed by atoms with Crippen molar-refractivity contribution in [3.05, 3.63) is 29.8 Å². The first-order chi connectivity index (χ1) is 7.38. The number of rotatable bonds is 4. The molecule has 0 spiro atoms. The van der Waals surface area contributed by atoms with E-state index >= 15 is 0 Å². The van der Waals surface area contributed by atoms with Crippen molar-refractivity contribution in [3.8, 4) is 5.75 Å². The normalized spacial score (nSPS) is 20.5. The van der Waals surface area contributed by atoms with Crippen LogP contribution in [-0.4, -0.2) is 19.2 Å². The van der Waals surface area contributed by atoms with Gasteiger partial charge in [0.15, 0.2) is 0 Å². The summed E-state index contributed by atoms with van der Waals surface area (Å²) in [6.45, 7) is 4.10. The van der Waals surface area contributed by atoms with E-state index in [1.165, 1.54) is 18.4 Å². The first-order valence-corrected chi connectivity index (χ1v) is 5.83. The minimum absolute atomic E-state index is 0.551. The molecule has 82 valence electrons. The lowest BCUT2D eigenvalue weighted by atomic mass is 10.2. The van der Waals surface area contributed by atoms with Crippen molar-refractivity contribution < 1.29 is 4.74 Å². The van der Waals surface area contributed by atoms with Crippen molar-refractivity contribution in [1.29, 1.82) is 0 Å². The van der Waals surface area contributed by atoms with Gasteiger partial charge in [-0.2, -0.15) is 0 Å². The summed E-state index contributed by atoms with van der Waals surface area (Å²) in [6.07, 6.45) is 3.59. The summed E-state index contributed by atoms with van der Waals surface area (Å²) in [5.41, 5.74) is 1.34. The van der Waals surface area contributed by atoms with Gasteiger partial charge in [-0.1, -0.05) is 19.1 Å². The Hall–Kier alpha value is -1.02. The molecule has 1 atom stereocenters. The highest BCUT2D eigenvalue weighted by atomic mass is 16.5. The Morgan fingerprint density at radius 1 is 1.47 bits per heavy atom. The van der Waals surface area contributed by atoms with Crippen molar-refractivity contribution in [2.24, 2.45) is 0 Å². The molecule has 1 unspecified atom stereocenters. The molecule has 0 saturated carbocycles. The first-order valence-electron chi connectivity index (χ1n) is 5.83. The van der Waals surface area contributed by atoms with Crippen LogP contribution in [-0.2, 0) is 6.42 Å². The van der Waals surface area contributed by atoms with Gasteiger partial charge >= 0.3 is 0 Å². The lowest BCUT2D eigenvalue weighted by molar-refractivity contribution is 0.277. The molecule has 1 heterocycles. The van der Waals surface area contributed by atoms with Crippen LogP contribution in [0.5, 0.6) is 5.75 Å². The van der Waals surface area contributed by atoms with Gasteiger partial charge in [0.2, 0.25) is 0 Å². The highest BCUT2D eigenvalue weighted by Crippen LogP contribution is 2.15. The molecule has 15 heavy (non-hydrogen) atoms. The molecule has 2 nitrogen and oxygen atoms in total. The van der Waals surface area contributed by atoms with Crippen LogP contribution in [0, 0.1) is 0 Å². The Balaban J connectivity index is 1.86. The molecule has 1 N–H and O–H groups in total. The van der Waals surface area contributed by atoms with Gasteiger partial charge in [-0.25, -0.2) is 0 Å². The van der Waals surface area contributed by atoms with E-state index in [1.807, 2.05) is 6.07 Å². The molecule has 1 aromatic carbocycles. The lowest BCUT2D eigenvalue weighted by Gasteiger charge is -2.12. The Kier molecular flexibility index (Phi) is 3.62. The topological polar surface area (TPSA) is 21.3 Å². The lowest BCUT2D eigenvalue weighted by Crippen LogP contribution is -2.28. The SMILES string of the molecule is CCc1cccc(OCC2CCCN2)c1. The quantitative estimate of drug-likeness (QED) is 0.815. The monoisotopic (exact) mass is 205 g/mol. The summed E-state index contributed by atoms with van der Waals surface area (Å²) in [6, 6.07) is 8.93. The van der Waals surface area contributed by atoms with Crippen molar-refractivity contribution in [2.45, 2.75) is 32.2 Å². The Morgan fingerprint density at radius 2 is 2.40 bits per heavy atom. The van der Waals surface area contributed by atoms with Gasteiger partial charge in [0.05, 0.1) is 0 Å². The maximum Gasteiger partial charge on any atom is 0.119 e. The van der Waals surface area contributed by atoms with E-state index in [2.05, 4.69) is 30.4 Å². The summed E-state index contributed by atoms with van der Waals surface area (Å²) in [4.78, 5) is 0. The molecule has 1 saturated heterocycles. The third-order valence-electron chi connectivity index (χ3n) is 2.92. The molecule has 2 heteroatoms. The molecule has 1 fully saturated rings. The van der Waals surface area contributed by atoms with Crippen LogP contribution in [0.1, 0.15) is 25.3 Å². The molecule has 0 aliphatic carbocycles. The molecule has 1 aliphatic heterocycles. The van der Waals surface area contributed by atoms with E-state index in [4.69, 9.17) is 4.74 Å². The predicted molar refractivity (Wildman–Crippen MR) is 62.3 cm³/mol. The van der Waals surface area contributed by atoms with Gasteiger partial charge < -0.3 is 10.1 Å². The molecule has 1 aliphatic rings. The maximum atomic E-state index is 5.77. The zero-order valence-corrected chi connectivity index (χ0v) is 9.33. The fraction of sp³-hybridized carbons (Fsp3) is 0.538. The van der Waals surface area contributed by atoms with E-state index < -0.39 is 0 Å². The smallest absolute Gasteiger partial charge is 0.119 e. The summed E-state index contributed by atoms with van der Waals surface area (Å²) >= 11 is 0. The van der Waals surface area contributed by atoms with Crippen LogP contribution < -0.4 is 10.1 Å². The molecule has 0 amide bonds. The largest absolute Gasteiger partial charge is 0.492 e. The van der Waals surface area contributed by atoms with E-state index in [-0.39, 0.29) is 0 Å². The number of nitrogens with one attached hydrogen (secondary N) is 1. The second-order valence-electron chi connectivity index (χ2n) is 4.11. The van der Waals surface area contributed by atoms with Crippen molar-refractivity contribution in [1.82, 2.24) is 5.32 Å². The van der Waals surface area contributed by atoms with Gasteiger partial charge in [0, 0.05) is 6.04 Å². The molecular weight excluding hydrogens is 186 g/mol. The van der Waals surface area contributed by atoms with E-state index in [9.17, 15) is 0 Å². The number of hydrogen-bond acceptors (Lipinski definition) is 2. The molecule has 0 aromatic heterocycles. The zero-order chi connectivity index (χ0) is 10.5. The molecule has 0 bridgehead atoms. The Morgan fingerprint density at radius 3 is 3.13 bits per heavy atom. The minimum Gasteiger partial charge on any atom is -0.492 e. The van der Waals surface area contributed by atoms with Gasteiger partial charge in [0.25, 0.3) is 0 Å². The highest BCUT2D eigenvalue weighted by Gasteiger charge is 2.14.